The highest BCUT2D eigenvalue weighted by Crippen LogP contribution is 2.31. The number of alkyl halides is 3. The first-order valence-corrected chi connectivity index (χ1v) is 10.1. The molecule has 0 bridgehead atoms. The van der Waals surface area contributed by atoms with Gasteiger partial charge in [0.15, 0.2) is 5.16 Å². The number of aromatic nitrogens is 2. The molecule has 0 aliphatic carbocycles. The van der Waals surface area contributed by atoms with Crippen LogP contribution in [0.1, 0.15) is 42.1 Å². The maximum Gasteiger partial charge on any atom is 0.416 e. The van der Waals surface area contributed by atoms with E-state index in [1.807, 2.05) is 31.2 Å². The van der Waals surface area contributed by atoms with E-state index in [0.29, 0.717) is 34.0 Å². The average molecular weight is 418 g/mol. The molecule has 0 aliphatic heterocycles. The Morgan fingerprint density at radius 3 is 2.48 bits per heavy atom. The summed E-state index contributed by atoms with van der Waals surface area (Å²) in [5.74, 6) is 1.80. The molecule has 2 aromatic carbocycles. The smallest absolute Gasteiger partial charge is 0.416 e. The van der Waals surface area contributed by atoms with Crippen molar-refractivity contribution in [3.63, 3.8) is 0 Å². The van der Waals surface area contributed by atoms with Crippen molar-refractivity contribution in [2.24, 2.45) is 0 Å². The Kier molecular flexibility index (Phi) is 6.47. The van der Waals surface area contributed by atoms with E-state index in [4.69, 9.17) is 4.74 Å². The maximum absolute atomic E-state index is 12.9. The summed E-state index contributed by atoms with van der Waals surface area (Å²) >= 11 is 1.27. The molecule has 0 spiro atoms. The second-order valence-corrected chi connectivity index (χ2v) is 7.89. The minimum Gasteiger partial charge on any atom is -0.439 e. The number of nitrogens with zero attached hydrogens (tertiary/aromatic N) is 2. The van der Waals surface area contributed by atoms with Crippen LogP contribution in [-0.2, 0) is 11.9 Å². The van der Waals surface area contributed by atoms with Crippen molar-refractivity contribution in [2.75, 3.05) is 0 Å². The van der Waals surface area contributed by atoms with Gasteiger partial charge in [0.25, 0.3) is 0 Å². The van der Waals surface area contributed by atoms with Gasteiger partial charge in [-0.25, -0.2) is 4.98 Å². The van der Waals surface area contributed by atoms with Crippen LogP contribution in [0.2, 0.25) is 0 Å². The van der Waals surface area contributed by atoms with Gasteiger partial charge in [-0.2, -0.15) is 18.2 Å². The third-order valence-corrected chi connectivity index (χ3v) is 5.10. The first-order valence-electron chi connectivity index (χ1n) is 9.13. The molecule has 0 aliphatic rings. The Labute approximate surface area is 172 Å². The Balaban J connectivity index is 1.73. The summed E-state index contributed by atoms with van der Waals surface area (Å²) in [6.07, 6.45) is -4.36. The van der Waals surface area contributed by atoms with Crippen molar-refractivity contribution in [3.05, 3.63) is 77.0 Å². The van der Waals surface area contributed by atoms with E-state index >= 15 is 0 Å². The molecule has 0 fully saturated rings. The molecule has 1 heterocycles. The van der Waals surface area contributed by atoms with Crippen molar-refractivity contribution in [3.8, 4) is 11.6 Å². The molecule has 0 radical (unpaired) electrons. The predicted octanol–water partition coefficient (Wildman–Crippen LogP) is 7.01. The molecule has 0 amide bonds. The fourth-order valence-electron chi connectivity index (χ4n) is 2.67. The number of rotatable bonds is 6. The summed E-state index contributed by atoms with van der Waals surface area (Å²) in [6.45, 7) is 6.04. The van der Waals surface area contributed by atoms with Crippen LogP contribution in [-0.4, -0.2) is 9.97 Å². The third kappa shape index (κ3) is 5.97. The lowest BCUT2D eigenvalue weighted by Gasteiger charge is -2.11. The highest BCUT2D eigenvalue weighted by Gasteiger charge is 2.30. The highest BCUT2D eigenvalue weighted by atomic mass is 32.2. The molecular formula is C22H21F3N2OS. The fourth-order valence-corrected chi connectivity index (χ4v) is 3.51. The largest absolute Gasteiger partial charge is 0.439 e. The van der Waals surface area contributed by atoms with Gasteiger partial charge in [-0.3, -0.25) is 0 Å². The van der Waals surface area contributed by atoms with E-state index in [1.54, 1.807) is 12.1 Å². The van der Waals surface area contributed by atoms with Crippen LogP contribution in [0.3, 0.4) is 0 Å². The van der Waals surface area contributed by atoms with Crippen molar-refractivity contribution in [1.82, 2.24) is 9.97 Å². The molecular weight excluding hydrogens is 397 g/mol. The van der Waals surface area contributed by atoms with Crippen LogP contribution < -0.4 is 4.74 Å². The van der Waals surface area contributed by atoms with E-state index in [-0.39, 0.29) is 0 Å². The van der Waals surface area contributed by atoms with Crippen LogP contribution >= 0.6 is 11.8 Å². The number of hydrogen-bond donors (Lipinski definition) is 0. The minimum absolute atomic E-state index is 0.329. The Hall–Kier alpha value is -2.54. The zero-order valence-electron chi connectivity index (χ0n) is 16.3. The molecule has 0 saturated heterocycles. The SMILES string of the molecule is Cc1cc(Oc2cccc(C(C)C)c2)nc(SCc2cccc(C(F)(F)F)c2)n1. The molecule has 1 aromatic heterocycles. The van der Waals surface area contributed by atoms with Crippen LogP contribution in [0, 0.1) is 6.92 Å². The maximum atomic E-state index is 12.9. The van der Waals surface area contributed by atoms with Gasteiger partial charge in [0, 0.05) is 17.5 Å². The highest BCUT2D eigenvalue weighted by molar-refractivity contribution is 7.98. The topological polar surface area (TPSA) is 35.0 Å². The van der Waals surface area contributed by atoms with Gasteiger partial charge in [-0.1, -0.05) is 55.9 Å². The minimum atomic E-state index is -4.36. The number of aryl methyl sites for hydroxylation is 1. The summed E-state index contributed by atoms with van der Waals surface area (Å²) < 4.78 is 44.5. The molecule has 29 heavy (non-hydrogen) atoms. The lowest BCUT2D eigenvalue weighted by Crippen LogP contribution is -2.05. The van der Waals surface area contributed by atoms with Gasteiger partial charge in [0.2, 0.25) is 5.88 Å². The summed E-state index contributed by atoms with van der Waals surface area (Å²) in [6, 6.07) is 14.8. The van der Waals surface area contributed by atoms with Gasteiger partial charge in [-0.05, 0) is 42.2 Å². The molecule has 3 rings (SSSR count). The van der Waals surface area contributed by atoms with E-state index in [1.165, 1.54) is 17.8 Å². The predicted molar refractivity (Wildman–Crippen MR) is 108 cm³/mol. The fraction of sp³-hybridized carbons (Fsp3) is 0.273. The number of thioether (sulfide) groups is 1. The van der Waals surface area contributed by atoms with Gasteiger partial charge in [0.05, 0.1) is 5.56 Å². The van der Waals surface area contributed by atoms with Gasteiger partial charge >= 0.3 is 6.18 Å². The lowest BCUT2D eigenvalue weighted by molar-refractivity contribution is -0.137. The van der Waals surface area contributed by atoms with Gasteiger partial charge in [0.1, 0.15) is 5.75 Å². The lowest BCUT2D eigenvalue weighted by atomic mass is 10.0. The molecule has 3 nitrogen and oxygen atoms in total. The van der Waals surface area contributed by atoms with Crippen LogP contribution in [0.5, 0.6) is 11.6 Å². The number of hydrogen-bond acceptors (Lipinski definition) is 4. The zero-order valence-corrected chi connectivity index (χ0v) is 17.1. The standard InChI is InChI=1S/C22H21F3N2OS/c1-14(2)17-7-5-9-19(12-17)28-20-10-15(3)26-21(27-20)29-13-16-6-4-8-18(11-16)22(23,24)25/h4-12,14H,13H2,1-3H3. The second kappa shape index (κ2) is 8.86. The van der Waals surface area contributed by atoms with E-state index in [0.717, 1.165) is 23.4 Å². The third-order valence-electron chi connectivity index (χ3n) is 4.18. The number of ether oxygens (including phenoxy) is 1. The Morgan fingerprint density at radius 1 is 1.00 bits per heavy atom. The van der Waals surface area contributed by atoms with Gasteiger partial charge in [-0.15, -0.1) is 0 Å². The van der Waals surface area contributed by atoms with Crippen LogP contribution in [0.15, 0.2) is 59.8 Å². The normalized spacial score (nSPS) is 11.7. The monoisotopic (exact) mass is 418 g/mol. The Morgan fingerprint density at radius 2 is 1.76 bits per heavy atom. The summed E-state index contributed by atoms with van der Waals surface area (Å²) in [5.41, 5.74) is 1.78. The summed E-state index contributed by atoms with van der Waals surface area (Å²) in [5, 5.41) is 0.456. The van der Waals surface area contributed by atoms with Crippen molar-refractivity contribution < 1.29 is 17.9 Å². The van der Waals surface area contributed by atoms with E-state index < -0.39 is 11.7 Å². The quantitative estimate of drug-likeness (QED) is 0.318. The molecule has 0 unspecified atom stereocenters. The summed E-state index contributed by atoms with van der Waals surface area (Å²) in [7, 11) is 0. The number of halogens is 3. The van der Waals surface area contributed by atoms with E-state index in [2.05, 4.69) is 23.8 Å². The molecule has 7 heteroatoms. The van der Waals surface area contributed by atoms with Crippen molar-refractivity contribution in [2.45, 2.75) is 43.8 Å². The number of benzene rings is 2. The first kappa shape index (κ1) is 21.2. The van der Waals surface area contributed by atoms with Gasteiger partial charge < -0.3 is 4.74 Å². The van der Waals surface area contributed by atoms with Crippen molar-refractivity contribution >= 4 is 11.8 Å². The molecule has 0 N–H and O–H groups in total. The zero-order chi connectivity index (χ0) is 21.0. The first-order chi connectivity index (χ1) is 13.7. The molecule has 0 atom stereocenters. The second-order valence-electron chi connectivity index (χ2n) is 6.95. The Bertz CT molecular complexity index is 990. The van der Waals surface area contributed by atoms with E-state index in [9.17, 15) is 13.2 Å². The molecule has 0 saturated carbocycles. The summed E-state index contributed by atoms with van der Waals surface area (Å²) in [4.78, 5) is 8.75. The average Bonchev–Trinajstić information content (AvgIpc) is 2.66. The molecule has 152 valence electrons. The molecule has 3 aromatic rings. The van der Waals surface area contributed by atoms with Crippen molar-refractivity contribution in [1.29, 1.82) is 0 Å². The van der Waals surface area contributed by atoms with Crippen LogP contribution in [0.25, 0.3) is 0 Å². The van der Waals surface area contributed by atoms with Crippen LogP contribution in [0.4, 0.5) is 13.2 Å².